The lowest BCUT2D eigenvalue weighted by molar-refractivity contribution is 0.399. The number of fused-ring (bicyclic) bond motifs is 9. The Morgan fingerprint density at radius 1 is 0.353 bits per heavy atom. The Hall–Kier alpha value is -6.44. The summed E-state index contributed by atoms with van der Waals surface area (Å²) in [4.78, 5) is 0. The first-order valence-electron chi connectivity index (χ1n) is 25.9. The van der Waals surface area contributed by atoms with Gasteiger partial charge in [0.15, 0.2) is 0 Å². The molecule has 1 nitrogen and oxygen atoms in total. The average Bonchev–Trinajstić information content (AvgIpc) is 3.95. The highest BCUT2D eigenvalue weighted by atomic mass is 16.3. The summed E-state index contributed by atoms with van der Waals surface area (Å²) in [6, 6.07) is 62.6. The molecule has 0 saturated carbocycles. The van der Waals surface area contributed by atoms with Crippen molar-refractivity contribution in [2.45, 2.75) is 122 Å². The zero-order valence-electron chi connectivity index (χ0n) is 41.0. The van der Waals surface area contributed by atoms with Gasteiger partial charge in [-0.3, -0.25) is 0 Å². The normalized spacial score (nSPS) is 14.0. The second-order valence-corrected chi connectivity index (χ2v) is 20.8. The van der Waals surface area contributed by atoms with Crippen LogP contribution in [-0.2, 0) is 10.8 Å². The third kappa shape index (κ3) is 7.83. The van der Waals surface area contributed by atoms with Gasteiger partial charge in [-0.15, -0.1) is 0 Å². The lowest BCUT2D eigenvalue weighted by atomic mass is 9.70. The molecule has 0 saturated heterocycles. The molecule has 68 heavy (non-hydrogen) atoms. The van der Waals surface area contributed by atoms with E-state index >= 15 is 0 Å². The zero-order chi connectivity index (χ0) is 46.4. The number of benzene rings is 8. The summed E-state index contributed by atoms with van der Waals surface area (Å²) in [6.07, 6.45) is 15.4. The predicted molar refractivity (Wildman–Crippen MR) is 291 cm³/mol. The maximum absolute atomic E-state index is 6.16. The molecule has 1 heterocycles. The van der Waals surface area contributed by atoms with Crippen molar-refractivity contribution < 1.29 is 4.42 Å². The Morgan fingerprint density at radius 2 is 0.779 bits per heavy atom. The first kappa shape index (κ1) is 44.1. The summed E-state index contributed by atoms with van der Waals surface area (Å²) >= 11 is 0. The summed E-state index contributed by atoms with van der Waals surface area (Å²) in [5.41, 5.74) is 24.8. The van der Waals surface area contributed by atoms with Crippen molar-refractivity contribution in [3.05, 3.63) is 192 Å². The Kier molecular flexibility index (Phi) is 11.8. The lowest BCUT2D eigenvalue weighted by Gasteiger charge is -2.33. The van der Waals surface area contributed by atoms with E-state index in [9.17, 15) is 0 Å². The van der Waals surface area contributed by atoms with Gasteiger partial charge in [0.2, 0.25) is 0 Å². The molecule has 340 valence electrons. The highest BCUT2D eigenvalue weighted by Gasteiger charge is 2.43. The van der Waals surface area contributed by atoms with Gasteiger partial charge in [-0.25, -0.2) is 0 Å². The van der Waals surface area contributed by atoms with E-state index in [1.165, 1.54) is 171 Å². The van der Waals surface area contributed by atoms with Gasteiger partial charge in [-0.05, 0) is 151 Å². The molecule has 2 aliphatic carbocycles. The molecule has 0 amide bonds. The van der Waals surface area contributed by atoms with Crippen molar-refractivity contribution in [1.82, 2.24) is 0 Å². The van der Waals surface area contributed by atoms with Gasteiger partial charge in [-0.2, -0.15) is 0 Å². The van der Waals surface area contributed by atoms with E-state index in [1.807, 2.05) is 6.07 Å². The second-order valence-electron chi connectivity index (χ2n) is 20.8. The maximum atomic E-state index is 6.16. The molecule has 1 heteroatoms. The predicted octanol–water partition coefficient (Wildman–Crippen LogP) is 19.9. The van der Waals surface area contributed by atoms with Gasteiger partial charge in [0, 0.05) is 21.6 Å². The van der Waals surface area contributed by atoms with Gasteiger partial charge in [-0.1, -0.05) is 219 Å². The largest absolute Gasteiger partial charge is 0.456 e. The third-order valence-electron chi connectivity index (χ3n) is 16.1. The van der Waals surface area contributed by atoms with E-state index in [-0.39, 0.29) is 10.8 Å². The van der Waals surface area contributed by atoms with Gasteiger partial charge in [0.1, 0.15) is 11.2 Å². The van der Waals surface area contributed by atoms with Crippen LogP contribution in [0.5, 0.6) is 0 Å². The Bertz CT molecular complexity index is 3290. The van der Waals surface area contributed by atoms with Gasteiger partial charge in [0.05, 0.1) is 0 Å². The second kappa shape index (κ2) is 18.2. The molecule has 8 aromatic carbocycles. The molecular formula is C67H66O. The molecule has 9 aromatic rings. The van der Waals surface area contributed by atoms with E-state index in [4.69, 9.17) is 4.42 Å². The number of hydrogen-bond donors (Lipinski definition) is 0. The molecule has 0 bridgehead atoms. The van der Waals surface area contributed by atoms with E-state index in [0.717, 1.165) is 11.2 Å². The summed E-state index contributed by atoms with van der Waals surface area (Å²) < 4.78 is 6.16. The van der Waals surface area contributed by atoms with Crippen LogP contribution in [0.4, 0.5) is 0 Å². The van der Waals surface area contributed by atoms with Crippen LogP contribution in [-0.4, -0.2) is 0 Å². The maximum Gasteiger partial charge on any atom is 0.135 e. The van der Waals surface area contributed by atoms with Crippen LogP contribution < -0.4 is 0 Å². The summed E-state index contributed by atoms with van der Waals surface area (Å²) in [7, 11) is 0. The van der Waals surface area contributed by atoms with E-state index in [1.54, 1.807) is 11.1 Å². The fourth-order valence-corrected chi connectivity index (χ4v) is 12.3. The van der Waals surface area contributed by atoms with Crippen molar-refractivity contribution in [1.29, 1.82) is 0 Å². The first-order chi connectivity index (χ1) is 33.3. The highest BCUT2D eigenvalue weighted by molar-refractivity contribution is 6.06. The molecule has 2 aliphatic rings. The fraction of sp³-hybridized carbons (Fsp3) is 0.284. The van der Waals surface area contributed by atoms with Crippen LogP contribution in [0.1, 0.15) is 133 Å². The molecular weight excluding hydrogens is 821 g/mol. The number of unbranched alkanes of at least 4 members (excludes halogenated alkanes) is 8. The average molecular weight is 887 g/mol. The number of rotatable bonds is 16. The number of aryl methyl sites for hydroxylation is 1. The number of furan rings is 1. The van der Waals surface area contributed by atoms with Crippen molar-refractivity contribution >= 4 is 21.9 Å². The van der Waals surface area contributed by atoms with E-state index in [2.05, 4.69) is 192 Å². The van der Waals surface area contributed by atoms with Crippen LogP contribution >= 0.6 is 0 Å². The fourth-order valence-electron chi connectivity index (χ4n) is 12.3. The Labute approximate surface area is 405 Å². The third-order valence-corrected chi connectivity index (χ3v) is 16.1. The first-order valence-corrected chi connectivity index (χ1v) is 25.9. The Morgan fingerprint density at radius 3 is 1.32 bits per heavy atom. The van der Waals surface area contributed by atoms with Gasteiger partial charge >= 0.3 is 0 Å². The van der Waals surface area contributed by atoms with Crippen LogP contribution in [0.2, 0.25) is 0 Å². The quantitative estimate of drug-likeness (QED) is 0.0881. The minimum Gasteiger partial charge on any atom is -0.456 e. The standard InChI is InChI=1S/C67H66O/c1-6-8-10-12-16-37-67(38-17-13-11-9-7-2)62-43-51(28-34-56(62)57-35-30-53(44-63(57)67)48-20-18-19-45(3)39-48)47-25-23-46(24-26-47)50-27-32-54-55-33-29-52(42-61(55)66(4,5)60(54)41-50)49-31-36-65-59(40-49)58-21-14-15-22-64(58)68-65/h14-15,18-36,39-44H,6-13,16-17,37-38H2,1-5H3. The summed E-state index contributed by atoms with van der Waals surface area (Å²) in [5.74, 6) is 0. The molecule has 0 N–H and O–H groups in total. The SMILES string of the molecule is CCCCCCCC1(CCCCCCC)c2cc(-c3ccc(-c4ccc5c(c4)C(C)(C)c4cc(-c6ccc7oc8ccccc8c7c6)ccc4-5)cc3)ccc2-c2ccc(-c3cccc(C)c3)cc21. The van der Waals surface area contributed by atoms with E-state index < -0.39 is 0 Å². The van der Waals surface area contributed by atoms with Gasteiger partial charge in [0.25, 0.3) is 0 Å². The minimum absolute atomic E-state index is 0.0107. The smallest absolute Gasteiger partial charge is 0.135 e. The lowest BCUT2D eigenvalue weighted by Crippen LogP contribution is -2.25. The highest BCUT2D eigenvalue weighted by Crippen LogP contribution is 2.56. The number of para-hydroxylation sites is 1. The topological polar surface area (TPSA) is 13.1 Å². The molecule has 0 fully saturated rings. The van der Waals surface area contributed by atoms with Crippen LogP contribution in [0.3, 0.4) is 0 Å². The van der Waals surface area contributed by atoms with E-state index in [0.29, 0.717) is 0 Å². The van der Waals surface area contributed by atoms with Crippen LogP contribution in [0.25, 0.3) is 88.7 Å². The molecule has 0 spiro atoms. The molecule has 11 rings (SSSR count). The van der Waals surface area contributed by atoms with Crippen LogP contribution in [0.15, 0.2) is 168 Å². The molecule has 0 unspecified atom stereocenters. The minimum atomic E-state index is -0.135. The molecule has 1 aromatic heterocycles. The molecule has 0 radical (unpaired) electrons. The van der Waals surface area contributed by atoms with Crippen molar-refractivity contribution in [2.75, 3.05) is 0 Å². The monoisotopic (exact) mass is 887 g/mol. The number of hydrogen-bond acceptors (Lipinski definition) is 1. The summed E-state index contributed by atoms with van der Waals surface area (Å²) in [6.45, 7) is 11.7. The summed E-state index contributed by atoms with van der Waals surface area (Å²) in [5, 5.41) is 2.33. The Balaban J connectivity index is 0.905. The van der Waals surface area contributed by atoms with Crippen molar-refractivity contribution in [3.63, 3.8) is 0 Å². The van der Waals surface area contributed by atoms with Crippen molar-refractivity contribution in [2.24, 2.45) is 0 Å². The zero-order valence-corrected chi connectivity index (χ0v) is 41.0. The van der Waals surface area contributed by atoms with Crippen molar-refractivity contribution in [3.8, 4) is 66.8 Å². The van der Waals surface area contributed by atoms with Crippen LogP contribution in [0, 0.1) is 6.92 Å². The molecule has 0 atom stereocenters. The van der Waals surface area contributed by atoms with Gasteiger partial charge < -0.3 is 4.42 Å². The molecule has 0 aliphatic heterocycles.